The molecule has 1 heterocycles. The summed E-state index contributed by atoms with van der Waals surface area (Å²) < 4.78 is 0. The lowest BCUT2D eigenvalue weighted by Gasteiger charge is -2.24. The highest BCUT2D eigenvalue weighted by molar-refractivity contribution is 6.30. The second-order valence-corrected chi connectivity index (χ2v) is 6.59. The third kappa shape index (κ3) is 2.82. The molecule has 0 amide bonds. The first-order valence-electron chi connectivity index (χ1n) is 7.67. The molecule has 21 heavy (non-hydrogen) atoms. The normalized spacial score (nSPS) is 17.9. The van der Waals surface area contributed by atoms with Crippen molar-refractivity contribution in [3.05, 3.63) is 57.6 Å². The highest BCUT2D eigenvalue weighted by atomic mass is 35.5. The lowest BCUT2D eigenvalue weighted by molar-refractivity contribution is 0.551. The van der Waals surface area contributed by atoms with Crippen LogP contribution in [0.15, 0.2) is 24.3 Å². The van der Waals surface area contributed by atoms with Gasteiger partial charge in [0.2, 0.25) is 0 Å². The molecule has 0 radical (unpaired) electrons. The Bertz CT molecular complexity index is 641. The number of aryl methyl sites for hydroxylation is 2. The highest BCUT2D eigenvalue weighted by Gasteiger charge is 2.24. The fourth-order valence-corrected chi connectivity index (χ4v) is 3.77. The van der Waals surface area contributed by atoms with Crippen LogP contribution >= 0.6 is 11.6 Å². The summed E-state index contributed by atoms with van der Waals surface area (Å²) in [4.78, 5) is 9.36. The Labute approximate surface area is 131 Å². The molecule has 0 saturated heterocycles. The zero-order valence-corrected chi connectivity index (χ0v) is 13.6. The summed E-state index contributed by atoms with van der Waals surface area (Å²) in [5.74, 6) is 1.66. The van der Waals surface area contributed by atoms with Crippen LogP contribution in [0.25, 0.3) is 0 Å². The number of rotatable bonds is 2. The van der Waals surface area contributed by atoms with Gasteiger partial charge in [-0.25, -0.2) is 9.97 Å². The van der Waals surface area contributed by atoms with Crippen molar-refractivity contribution in [1.82, 2.24) is 9.97 Å². The summed E-state index contributed by atoms with van der Waals surface area (Å²) in [6.07, 6.45) is 3.23. The molecule has 1 aliphatic rings. The van der Waals surface area contributed by atoms with Crippen LogP contribution in [-0.2, 0) is 12.8 Å². The summed E-state index contributed by atoms with van der Waals surface area (Å²) in [5, 5.41) is 0.631. The molecule has 2 aromatic rings. The Morgan fingerprint density at radius 3 is 2.52 bits per heavy atom. The Balaban J connectivity index is 1.92. The maximum Gasteiger partial charge on any atom is 0.136 e. The molecule has 0 fully saturated rings. The third-order valence-corrected chi connectivity index (χ3v) is 4.68. The topological polar surface area (TPSA) is 25.8 Å². The van der Waals surface area contributed by atoms with Gasteiger partial charge in [0.25, 0.3) is 0 Å². The smallest absolute Gasteiger partial charge is 0.136 e. The molecule has 110 valence electrons. The van der Waals surface area contributed by atoms with Crippen LogP contribution < -0.4 is 0 Å². The maximum atomic E-state index is 6.40. The second-order valence-electron chi connectivity index (χ2n) is 6.23. The Morgan fingerprint density at radius 2 is 1.86 bits per heavy atom. The number of halogens is 1. The molecule has 2 nitrogen and oxygen atoms in total. The van der Waals surface area contributed by atoms with Gasteiger partial charge in [-0.1, -0.05) is 49.7 Å². The van der Waals surface area contributed by atoms with Crippen molar-refractivity contribution in [2.24, 2.45) is 0 Å². The van der Waals surface area contributed by atoms with Crippen molar-refractivity contribution in [1.29, 1.82) is 0 Å². The Morgan fingerprint density at radius 1 is 1.14 bits per heavy atom. The van der Waals surface area contributed by atoms with Crippen molar-refractivity contribution in [2.75, 3.05) is 0 Å². The van der Waals surface area contributed by atoms with Gasteiger partial charge in [0.15, 0.2) is 0 Å². The van der Waals surface area contributed by atoms with Crippen LogP contribution in [0.5, 0.6) is 0 Å². The van der Waals surface area contributed by atoms with E-state index in [0.717, 1.165) is 36.3 Å². The van der Waals surface area contributed by atoms with Crippen LogP contribution in [0.3, 0.4) is 0 Å². The van der Waals surface area contributed by atoms with E-state index in [2.05, 4.69) is 43.1 Å². The minimum absolute atomic E-state index is 0.360. The van der Waals surface area contributed by atoms with E-state index >= 15 is 0 Å². The third-order valence-electron chi connectivity index (χ3n) is 4.40. The number of benzene rings is 1. The number of fused-ring (bicyclic) bond motifs is 1. The summed E-state index contributed by atoms with van der Waals surface area (Å²) in [6.45, 7) is 6.31. The van der Waals surface area contributed by atoms with E-state index in [9.17, 15) is 0 Å². The van der Waals surface area contributed by atoms with Gasteiger partial charge in [-0.3, -0.25) is 0 Å². The van der Waals surface area contributed by atoms with Gasteiger partial charge in [0.1, 0.15) is 11.0 Å². The summed E-state index contributed by atoms with van der Waals surface area (Å²) in [6, 6.07) is 8.68. The van der Waals surface area contributed by atoms with Gasteiger partial charge in [-0.2, -0.15) is 0 Å². The summed E-state index contributed by atoms with van der Waals surface area (Å²) >= 11 is 6.40. The standard InChI is InChI=1S/C18H21ClN2/c1-11(2)16-12(3)20-18(21-17(16)19)15-9-8-13-6-4-5-7-14(13)10-15/h4-7,11,15H,8-10H2,1-3H3. The first kappa shape index (κ1) is 14.5. The highest BCUT2D eigenvalue weighted by Crippen LogP contribution is 2.33. The van der Waals surface area contributed by atoms with Gasteiger partial charge in [0, 0.05) is 17.2 Å². The van der Waals surface area contributed by atoms with Gasteiger partial charge in [-0.05, 0) is 43.2 Å². The molecule has 1 aromatic heterocycles. The largest absolute Gasteiger partial charge is 0.238 e. The molecule has 1 aromatic carbocycles. The lowest BCUT2D eigenvalue weighted by Crippen LogP contribution is -2.16. The van der Waals surface area contributed by atoms with E-state index in [1.165, 1.54) is 11.1 Å². The summed E-state index contributed by atoms with van der Waals surface area (Å²) in [7, 11) is 0. The van der Waals surface area contributed by atoms with Gasteiger partial charge in [0.05, 0.1) is 0 Å². The van der Waals surface area contributed by atoms with Crippen LogP contribution in [-0.4, -0.2) is 9.97 Å². The monoisotopic (exact) mass is 300 g/mol. The molecule has 1 aliphatic carbocycles. The van der Waals surface area contributed by atoms with E-state index in [1.54, 1.807) is 0 Å². The molecule has 1 unspecified atom stereocenters. The first-order chi connectivity index (χ1) is 10.1. The zero-order valence-electron chi connectivity index (χ0n) is 12.9. The molecule has 0 aliphatic heterocycles. The summed E-state index contributed by atoms with van der Waals surface area (Å²) in [5.41, 5.74) is 5.00. The minimum Gasteiger partial charge on any atom is -0.238 e. The van der Waals surface area contributed by atoms with Crippen molar-refractivity contribution in [3.8, 4) is 0 Å². The average Bonchev–Trinajstić information content (AvgIpc) is 2.45. The van der Waals surface area contributed by atoms with Crippen molar-refractivity contribution >= 4 is 11.6 Å². The lowest BCUT2D eigenvalue weighted by atomic mass is 9.83. The molecule has 0 N–H and O–H groups in total. The van der Waals surface area contributed by atoms with Gasteiger partial charge in [-0.15, -0.1) is 0 Å². The molecule has 0 saturated carbocycles. The van der Waals surface area contributed by atoms with E-state index in [4.69, 9.17) is 16.6 Å². The van der Waals surface area contributed by atoms with Crippen molar-refractivity contribution in [2.45, 2.75) is 51.9 Å². The van der Waals surface area contributed by atoms with Crippen LogP contribution in [0.4, 0.5) is 0 Å². The van der Waals surface area contributed by atoms with Crippen LogP contribution in [0, 0.1) is 6.92 Å². The Kier molecular flexibility index (Phi) is 3.99. The van der Waals surface area contributed by atoms with E-state index in [-0.39, 0.29) is 0 Å². The zero-order chi connectivity index (χ0) is 15.0. The predicted molar refractivity (Wildman–Crippen MR) is 87.1 cm³/mol. The maximum absolute atomic E-state index is 6.40. The molecule has 3 heteroatoms. The van der Waals surface area contributed by atoms with Gasteiger partial charge >= 0.3 is 0 Å². The number of nitrogens with zero attached hydrogens (tertiary/aromatic N) is 2. The fourth-order valence-electron chi connectivity index (χ4n) is 3.32. The molecule has 0 spiro atoms. The SMILES string of the molecule is Cc1nc(C2CCc3ccccc3C2)nc(Cl)c1C(C)C. The van der Waals surface area contributed by atoms with E-state index in [1.807, 2.05) is 6.92 Å². The fraction of sp³-hybridized carbons (Fsp3) is 0.444. The molecule has 0 bridgehead atoms. The quantitative estimate of drug-likeness (QED) is 0.742. The first-order valence-corrected chi connectivity index (χ1v) is 8.04. The molecular weight excluding hydrogens is 280 g/mol. The predicted octanol–water partition coefficient (Wildman–Crippen LogP) is 4.83. The van der Waals surface area contributed by atoms with E-state index < -0.39 is 0 Å². The number of hydrogen-bond acceptors (Lipinski definition) is 2. The molecule has 3 rings (SSSR count). The van der Waals surface area contributed by atoms with Crippen LogP contribution in [0.2, 0.25) is 5.15 Å². The number of hydrogen-bond donors (Lipinski definition) is 0. The minimum atomic E-state index is 0.360. The van der Waals surface area contributed by atoms with Crippen molar-refractivity contribution in [3.63, 3.8) is 0 Å². The Hall–Kier alpha value is -1.41. The second kappa shape index (κ2) is 5.76. The van der Waals surface area contributed by atoms with Gasteiger partial charge < -0.3 is 0 Å². The van der Waals surface area contributed by atoms with Crippen molar-refractivity contribution < 1.29 is 0 Å². The number of aromatic nitrogens is 2. The average molecular weight is 301 g/mol. The van der Waals surface area contributed by atoms with E-state index in [0.29, 0.717) is 17.0 Å². The van der Waals surface area contributed by atoms with Crippen LogP contribution in [0.1, 0.15) is 60.3 Å². The molecule has 1 atom stereocenters. The molecular formula is C18H21ClN2.